The van der Waals surface area contributed by atoms with Crippen molar-refractivity contribution in [1.29, 1.82) is 0 Å². The third kappa shape index (κ3) is 4.61. The lowest BCUT2D eigenvalue weighted by Crippen LogP contribution is -2.17. The first-order valence-electron chi connectivity index (χ1n) is 10.4. The van der Waals surface area contributed by atoms with Gasteiger partial charge in [0.05, 0.1) is 17.0 Å². The Morgan fingerprint density at radius 3 is 2.09 bits per heavy atom. The molecule has 0 saturated heterocycles. The van der Waals surface area contributed by atoms with E-state index in [2.05, 4.69) is 31.0 Å². The Hall–Kier alpha value is -5.26. The van der Waals surface area contributed by atoms with Crippen LogP contribution in [0.3, 0.4) is 0 Å². The highest BCUT2D eigenvalue weighted by atomic mass is 16.6. The van der Waals surface area contributed by atoms with Crippen molar-refractivity contribution in [3.63, 3.8) is 0 Å². The first-order valence-corrected chi connectivity index (χ1v) is 10.4. The summed E-state index contributed by atoms with van der Waals surface area (Å²) in [6, 6.07) is 24.8. The Balaban J connectivity index is 1.56. The number of rotatable bonds is 8. The van der Waals surface area contributed by atoms with Gasteiger partial charge in [0.2, 0.25) is 11.6 Å². The fourth-order valence-corrected chi connectivity index (χ4v) is 3.39. The fourth-order valence-electron chi connectivity index (χ4n) is 3.39. The van der Waals surface area contributed by atoms with Gasteiger partial charge in [0.1, 0.15) is 0 Å². The van der Waals surface area contributed by atoms with Crippen LogP contribution >= 0.6 is 0 Å². The van der Waals surface area contributed by atoms with Crippen molar-refractivity contribution in [2.24, 2.45) is 10.3 Å². The molecule has 2 heterocycles. The number of anilines is 1. The summed E-state index contributed by atoms with van der Waals surface area (Å²) in [5.74, 6) is 0.345. The summed E-state index contributed by atoms with van der Waals surface area (Å²) < 4.78 is 9.88. The smallest absolute Gasteiger partial charge is 0.258 e. The lowest BCUT2D eigenvalue weighted by Gasteiger charge is -2.15. The molecule has 0 unspecified atom stereocenters. The molecule has 5 rings (SSSR count). The van der Waals surface area contributed by atoms with Crippen molar-refractivity contribution in [3.05, 3.63) is 101 Å². The van der Waals surface area contributed by atoms with Crippen LogP contribution in [0.1, 0.15) is 5.56 Å². The zero-order valence-electron chi connectivity index (χ0n) is 18.0. The maximum absolute atomic E-state index is 11.6. The monoisotopic (exact) mass is 468 g/mol. The van der Waals surface area contributed by atoms with E-state index >= 15 is 0 Å². The predicted molar refractivity (Wildman–Crippen MR) is 123 cm³/mol. The molecule has 0 N–H and O–H groups in total. The maximum atomic E-state index is 11.6. The molecule has 12 nitrogen and oxygen atoms in total. The second kappa shape index (κ2) is 9.70. The molecule has 2 aromatic heterocycles. The van der Waals surface area contributed by atoms with Crippen LogP contribution in [-0.2, 0) is 6.54 Å². The molecule has 12 heteroatoms. The normalized spacial score (nSPS) is 11.1. The van der Waals surface area contributed by atoms with Crippen molar-refractivity contribution < 1.29 is 14.2 Å². The van der Waals surface area contributed by atoms with Crippen LogP contribution in [0, 0.1) is 10.1 Å². The largest absolute Gasteiger partial charge is 0.274 e. The van der Waals surface area contributed by atoms with Gasteiger partial charge < -0.3 is 0 Å². The molecule has 35 heavy (non-hydrogen) atoms. The minimum atomic E-state index is -0.459. The van der Waals surface area contributed by atoms with E-state index in [-0.39, 0.29) is 23.9 Å². The summed E-state index contributed by atoms with van der Waals surface area (Å²) >= 11 is 0. The van der Waals surface area contributed by atoms with Crippen molar-refractivity contribution in [2.45, 2.75) is 6.54 Å². The van der Waals surface area contributed by atoms with Gasteiger partial charge in [-0.1, -0.05) is 84.1 Å². The van der Waals surface area contributed by atoms with Crippen LogP contribution in [0.4, 0.5) is 17.3 Å². The summed E-state index contributed by atoms with van der Waals surface area (Å²) in [6.45, 7) is -0.0410. The molecule has 172 valence electrons. The Bertz CT molecular complexity index is 1470. The SMILES string of the molecule is O=[N+]([O-])c1ccccc1CN(N=Nc1nonc1-c1ccccc1)c1nonc1-c1ccccc1. The predicted octanol–water partition coefficient (Wildman–Crippen LogP) is 5.40. The van der Waals surface area contributed by atoms with Crippen LogP contribution in [0.15, 0.2) is 105 Å². The van der Waals surface area contributed by atoms with Crippen molar-refractivity contribution in [1.82, 2.24) is 20.6 Å². The number of nitro groups is 1. The van der Waals surface area contributed by atoms with E-state index < -0.39 is 4.92 Å². The van der Waals surface area contributed by atoms with E-state index in [0.29, 0.717) is 17.0 Å². The Kier molecular flexibility index (Phi) is 5.98. The zero-order valence-corrected chi connectivity index (χ0v) is 18.0. The zero-order chi connectivity index (χ0) is 24.0. The Morgan fingerprint density at radius 1 is 0.771 bits per heavy atom. The number of benzene rings is 3. The molecule has 0 aliphatic carbocycles. The first-order chi connectivity index (χ1) is 17.2. The average molecular weight is 468 g/mol. The minimum Gasteiger partial charge on any atom is -0.258 e. The lowest BCUT2D eigenvalue weighted by atomic mass is 10.1. The number of para-hydroxylation sites is 1. The molecule has 0 atom stereocenters. The van der Waals surface area contributed by atoms with Crippen LogP contribution in [-0.4, -0.2) is 25.5 Å². The quantitative estimate of drug-likeness (QED) is 0.166. The van der Waals surface area contributed by atoms with Gasteiger partial charge in [-0.15, -0.1) is 5.11 Å². The molecule has 0 spiro atoms. The molecular weight excluding hydrogens is 452 g/mol. The van der Waals surface area contributed by atoms with Gasteiger partial charge in [-0.25, -0.2) is 14.3 Å². The van der Waals surface area contributed by atoms with Gasteiger partial charge in [-0.05, 0) is 20.6 Å². The highest BCUT2D eigenvalue weighted by molar-refractivity contribution is 5.71. The van der Waals surface area contributed by atoms with Crippen molar-refractivity contribution >= 4 is 17.3 Å². The van der Waals surface area contributed by atoms with Crippen LogP contribution < -0.4 is 5.01 Å². The number of nitrogens with zero attached hydrogens (tertiary/aromatic N) is 8. The number of hydrogen-bond donors (Lipinski definition) is 0. The van der Waals surface area contributed by atoms with Crippen molar-refractivity contribution in [3.8, 4) is 22.5 Å². The van der Waals surface area contributed by atoms with Gasteiger partial charge in [0.15, 0.2) is 11.4 Å². The molecule has 0 aliphatic rings. The summed E-state index contributed by atoms with van der Waals surface area (Å²) in [4.78, 5) is 11.1. The van der Waals surface area contributed by atoms with Gasteiger partial charge in [0, 0.05) is 17.2 Å². The third-order valence-electron chi connectivity index (χ3n) is 5.04. The van der Waals surface area contributed by atoms with Gasteiger partial charge in [0.25, 0.3) is 5.69 Å². The summed E-state index contributed by atoms with van der Waals surface area (Å²) in [5, 5.41) is 37.2. The van der Waals surface area contributed by atoms with Gasteiger partial charge >= 0.3 is 0 Å². The van der Waals surface area contributed by atoms with E-state index in [1.54, 1.807) is 18.2 Å². The van der Waals surface area contributed by atoms with Crippen LogP contribution in [0.2, 0.25) is 0 Å². The molecule has 0 saturated carbocycles. The number of nitro benzene ring substituents is 1. The van der Waals surface area contributed by atoms with E-state index in [4.69, 9.17) is 9.26 Å². The van der Waals surface area contributed by atoms with Gasteiger partial charge in [-0.3, -0.25) is 10.1 Å². The second-order valence-corrected chi connectivity index (χ2v) is 7.24. The molecule has 5 aromatic rings. The molecule has 0 radical (unpaired) electrons. The summed E-state index contributed by atoms with van der Waals surface area (Å²) in [7, 11) is 0. The Morgan fingerprint density at radius 2 is 1.37 bits per heavy atom. The first kappa shape index (κ1) is 21.6. The maximum Gasteiger partial charge on any atom is 0.274 e. The number of hydrogen-bond acceptors (Lipinski definition) is 10. The Labute approximate surface area is 197 Å². The average Bonchev–Trinajstić information content (AvgIpc) is 3.58. The molecule has 0 bridgehead atoms. The summed E-state index contributed by atoms with van der Waals surface area (Å²) in [6.07, 6.45) is 0. The van der Waals surface area contributed by atoms with Crippen LogP contribution in [0.25, 0.3) is 22.5 Å². The fraction of sp³-hybridized carbons (Fsp3) is 0.0435. The second-order valence-electron chi connectivity index (χ2n) is 7.24. The highest BCUT2D eigenvalue weighted by Crippen LogP contribution is 2.32. The van der Waals surface area contributed by atoms with E-state index in [1.165, 1.54) is 11.1 Å². The van der Waals surface area contributed by atoms with Crippen LogP contribution in [0.5, 0.6) is 0 Å². The molecule has 3 aromatic carbocycles. The molecule has 0 aliphatic heterocycles. The molecule has 0 fully saturated rings. The summed E-state index contributed by atoms with van der Waals surface area (Å²) in [5.41, 5.74) is 2.56. The van der Waals surface area contributed by atoms with E-state index in [9.17, 15) is 10.1 Å². The van der Waals surface area contributed by atoms with E-state index in [1.807, 2.05) is 60.7 Å². The van der Waals surface area contributed by atoms with Gasteiger partial charge in [-0.2, -0.15) is 0 Å². The highest BCUT2D eigenvalue weighted by Gasteiger charge is 2.23. The van der Waals surface area contributed by atoms with E-state index in [0.717, 1.165) is 11.1 Å². The third-order valence-corrected chi connectivity index (χ3v) is 5.04. The standard InChI is InChI=1S/C23H16N8O4/c32-31(33)19-14-8-7-13-18(19)15-30(23-21(26-35-28-23)17-11-5-2-6-12-17)29-24-22-20(25-34-27-22)16-9-3-1-4-10-16/h1-14H,15H2. The van der Waals surface area contributed by atoms with Crippen molar-refractivity contribution in [2.75, 3.05) is 5.01 Å². The lowest BCUT2D eigenvalue weighted by molar-refractivity contribution is -0.385. The molecular formula is C23H16N8O4. The number of aromatic nitrogens is 4. The molecule has 0 amide bonds. The minimum absolute atomic E-state index is 0.0410. The topological polar surface area (TPSA) is 149 Å².